The number of carbonyl (C=O) groups is 2. The number of rotatable bonds is 5. The molecule has 0 aromatic carbocycles. The average Bonchev–Trinajstić information content (AvgIpc) is 3.16. The van der Waals surface area contributed by atoms with Crippen LogP contribution < -0.4 is 0 Å². The van der Waals surface area contributed by atoms with Gasteiger partial charge in [0.2, 0.25) is 0 Å². The molecule has 0 aliphatic carbocycles. The lowest BCUT2D eigenvalue weighted by Gasteiger charge is -2.34. The van der Waals surface area contributed by atoms with Crippen LogP contribution >= 0.6 is 0 Å². The van der Waals surface area contributed by atoms with Crippen molar-refractivity contribution in [2.75, 3.05) is 26.2 Å². The van der Waals surface area contributed by atoms with Gasteiger partial charge in [-0.05, 0) is 0 Å². The highest BCUT2D eigenvalue weighted by atomic mass is 16.4. The van der Waals surface area contributed by atoms with Crippen molar-refractivity contribution in [1.29, 1.82) is 0 Å². The maximum Gasteiger partial charge on any atom is 0.325 e. The van der Waals surface area contributed by atoms with Crippen molar-refractivity contribution < 1.29 is 14.7 Å². The quantitative estimate of drug-likeness (QED) is 0.805. The monoisotopic (exact) mass is 332 g/mol. The van der Waals surface area contributed by atoms with E-state index in [1.54, 1.807) is 9.58 Å². The van der Waals surface area contributed by atoms with E-state index in [0.717, 1.165) is 25.2 Å². The third-order valence-electron chi connectivity index (χ3n) is 4.00. The highest BCUT2D eigenvalue weighted by Gasteiger charge is 2.23. The molecule has 2 aromatic rings. The van der Waals surface area contributed by atoms with Crippen molar-refractivity contribution in [2.24, 2.45) is 7.05 Å². The second-order valence-corrected chi connectivity index (χ2v) is 5.91. The number of carboxylic acids is 1. The Hall–Kier alpha value is -2.68. The normalized spacial score (nSPS) is 15.6. The number of aliphatic carboxylic acids is 1. The van der Waals surface area contributed by atoms with Gasteiger partial charge in [-0.2, -0.15) is 10.2 Å². The maximum atomic E-state index is 12.5. The molecule has 0 bridgehead atoms. The molecule has 1 aliphatic heterocycles. The molecule has 3 heterocycles. The van der Waals surface area contributed by atoms with Crippen LogP contribution in [-0.4, -0.2) is 72.5 Å². The van der Waals surface area contributed by atoms with E-state index in [2.05, 4.69) is 15.1 Å². The van der Waals surface area contributed by atoms with Gasteiger partial charge in [0.05, 0.1) is 18.0 Å². The van der Waals surface area contributed by atoms with Crippen LogP contribution in [0.4, 0.5) is 0 Å². The molecule has 128 valence electrons. The molecule has 3 rings (SSSR count). The molecular formula is C15H20N6O3. The van der Waals surface area contributed by atoms with Gasteiger partial charge in [-0.3, -0.25) is 23.9 Å². The largest absolute Gasteiger partial charge is 0.480 e. The van der Waals surface area contributed by atoms with Gasteiger partial charge in [-0.25, -0.2) is 0 Å². The topological polar surface area (TPSA) is 96.5 Å². The van der Waals surface area contributed by atoms with Crippen molar-refractivity contribution in [3.63, 3.8) is 0 Å². The molecular weight excluding hydrogens is 312 g/mol. The van der Waals surface area contributed by atoms with Gasteiger partial charge in [-0.1, -0.05) is 0 Å². The molecule has 1 N–H and O–H groups in total. The van der Waals surface area contributed by atoms with E-state index >= 15 is 0 Å². The molecule has 2 aromatic heterocycles. The predicted octanol–water partition coefficient (Wildman–Crippen LogP) is -0.341. The van der Waals surface area contributed by atoms with Gasteiger partial charge in [-0.15, -0.1) is 0 Å². The molecule has 0 unspecified atom stereocenters. The van der Waals surface area contributed by atoms with Crippen LogP contribution in [0.1, 0.15) is 15.9 Å². The summed E-state index contributed by atoms with van der Waals surface area (Å²) in [5.41, 5.74) is 1.59. The Labute approximate surface area is 139 Å². The second-order valence-electron chi connectivity index (χ2n) is 5.91. The first-order chi connectivity index (χ1) is 11.5. The first-order valence-electron chi connectivity index (χ1n) is 7.74. The number of aryl methyl sites for hydroxylation is 1. The molecule has 1 aliphatic rings. The molecule has 0 spiro atoms. The number of nitrogens with zero attached hydrogens (tertiary/aromatic N) is 6. The van der Waals surface area contributed by atoms with Crippen LogP contribution in [-0.2, 0) is 24.9 Å². The zero-order valence-electron chi connectivity index (χ0n) is 13.5. The van der Waals surface area contributed by atoms with Crippen LogP contribution in [0.3, 0.4) is 0 Å². The van der Waals surface area contributed by atoms with Crippen LogP contribution in [0.5, 0.6) is 0 Å². The van der Waals surface area contributed by atoms with E-state index in [0.29, 0.717) is 18.7 Å². The zero-order valence-corrected chi connectivity index (χ0v) is 13.5. The summed E-state index contributed by atoms with van der Waals surface area (Å²) in [6, 6.07) is 0. The summed E-state index contributed by atoms with van der Waals surface area (Å²) < 4.78 is 3.04. The van der Waals surface area contributed by atoms with E-state index in [4.69, 9.17) is 5.11 Å². The first-order valence-corrected chi connectivity index (χ1v) is 7.74. The molecule has 1 amide bonds. The number of aromatic nitrogens is 4. The molecule has 1 saturated heterocycles. The van der Waals surface area contributed by atoms with Crippen molar-refractivity contribution in [3.8, 4) is 0 Å². The van der Waals surface area contributed by atoms with Crippen molar-refractivity contribution in [1.82, 2.24) is 29.4 Å². The summed E-state index contributed by atoms with van der Waals surface area (Å²) in [7, 11) is 1.89. The third-order valence-corrected chi connectivity index (χ3v) is 4.00. The summed E-state index contributed by atoms with van der Waals surface area (Å²) in [5.74, 6) is -1.09. The predicted molar refractivity (Wildman–Crippen MR) is 84.3 cm³/mol. The minimum Gasteiger partial charge on any atom is -0.480 e. The fourth-order valence-corrected chi connectivity index (χ4v) is 2.80. The lowest BCUT2D eigenvalue weighted by atomic mass is 10.2. The van der Waals surface area contributed by atoms with Crippen molar-refractivity contribution in [3.05, 3.63) is 35.9 Å². The van der Waals surface area contributed by atoms with Gasteiger partial charge >= 0.3 is 5.97 Å². The minimum absolute atomic E-state index is 0.104. The summed E-state index contributed by atoms with van der Waals surface area (Å²) in [6.45, 7) is 3.46. The van der Waals surface area contributed by atoms with Gasteiger partial charge in [0.15, 0.2) is 0 Å². The van der Waals surface area contributed by atoms with Gasteiger partial charge < -0.3 is 10.0 Å². The van der Waals surface area contributed by atoms with Crippen LogP contribution in [0.15, 0.2) is 24.8 Å². The molecule has 0 saturated carbocycles. The number of hydrogen-bond donors (Lipinski definition) is 1. The Balaban J connectivity index is 1.53. The maximum absolute atomic E-state index is 12.5. The van der Waals surface area contributed by atoms with Crippen molar-refractivity contribution >= 4 is 11.9 Å². The lowest BCUT2D eigenvalue weighted by Crippen LogP contribution is -2.48. The fraction of sp³-hybridized carbons (Fsp3) is 0.467. The number of carboxylic acid groups (broad SMARTS) is 1. The van der Waals surface area contributed by atoms with Crippen LogP contribution in [0.2, 0.25) is 0 Å². The van der Waals surface area contributed by atoms with E-state index in [9.17, 15) is 9.59 Å². The summed E-state index contributed by atoms with van der Waals surface area (Å²) in [4.78, 5) is 27.2. The highest BCUT2D eigenvalue weighted by Crippen LogP contribution is 2.11. The molecule has 9 heteroatoms. The molecule has 24 heavy (non-hydrogen) atoms. The zero-order chi connectivity index (χ0) is 17.1. The number of carbonyl (C=O) groups excluding carboxylic acids is 1. The summed E-state index contributed by atoms with van der Waals surface area (Å²) >= 11 is 0. The smallest absolute Gasteiger partial charge is 0.325 e. The number of hydrogen-bond acceptors (Lipinski definition) is 5. The van der Waals surface area contributed by atoms with Crippen LogP contribution in [0, 0.1) is 0 Å². The summed E-state index contributed by atoms with van der Waals surface area (Å²) in [6.07, 6.45) is 6.76. The average molecular weight is 332 g/mol. The standard InChI is InChI=1S/C15H20N6O3/c1-18-8-12(6-16-18)9-19-2-4-20(5-3-19)15(24)13-7-17-21(10-13)11-14(22)23/h6-8,10H,2-5,9,11H2,1H3,(H,22,23). The molecule has 1 fully saturated rings. The second kappa shape index (κ2) is 6.83. The van der Waals surface area contributed by atoms with E-state index in [-0.39, 0.29) is 12.5 Å². The van der Waals surface area contributed by atoms with Gasteiger partial charge in [0, 0.05) is 57.7 Å². The van der Waals surface area contributed by atoms with E-state index < -0.39 is 5.97 Å². The Morgan fingerprint density at radius 3 is 2.50 bits per heavy atom. The Bertz CT molecular complexity index is 729. The van der Waals surface area contributed by atoms with Gasteiger partial charge in [0.25, 0.3) is 5.91 Å². The third kappa shape index (κ3) is 3.80. The van der Waals surface area contributed by atoms with Gasteiger partial charge in [0.1, 0.15) is 6.54 Å². The molecule has 0 radical (unpaired) electrons. The highest BCUT2D eigenvalue weighted by molar-refractivity contribution is 5.93. The minimum atomic E-state index is -0.985. The Kier molecular flexibility index (Phi) is 4.61. The van der Waals surface area contributed by atoms with E-state index in [1.807, 2.05) is 19.4 Å². The first kappa shape index (κ1) is 16.2. The Morgan fingerprint density at radius 1 is 1.12 bits per heavy atom. The summed E-state index contributed by atoms with van der Waals surface area (Å²) in [5, 5.41) is 16.8. The van der Waals surface area contributed by atoms with Crippen molar-refractivity contribution in [2.45, 2.75) is 13.1 Å². The van der Waals surface area contributed by atoms with Crippen LogP contribution in [0.25, 0.3) is 0 Å². The lowest BCUT2D eigenvalue weighted by molar-refractivity contribution is -0.137. The van der Waals surface area contributed by atoms with E-state index in [1.165, 1.54) is 17.1 Å². The molecule has 0 atom stereocenters. The molecule has 9 nitrogen and oxygen atoms in total. The SMILES string of the molecule is Cn1cc(CN2CCN(C(=O)c3cnn(CC(=O)O)c3)CC2)cn1. The number of piperazine rings is 1. The number of amides is 1. The fourth-order valence-electron chi connectivity index (χ4n) is 2.80. The Morgan fingerprint density at radius 2 is 1.88 bits per heavy atom.